The molecule has 10 atom stereocenters. The Morgan fingerprint density at radius 1 is 1.00 bits per heavy atom. The summed E-state index contributed by atoms with van der Waals surface area (Å²) in [4.78, 5) is 23.4. The molecule has 0 unspecified atom stereocenters. The summed E-state index contributed by atoms with van der Waals surface area (Å²) in [6, 6.07) is 6.75. The molecule has 8 nitrogen and oxygen atoms in total. The van der Waals surface area contributed by atoms with E-state index in [0.717, 1.165) is 12.0 Å². The molecule has 1 aliphatic carbocycles. The number of aromatic hydroxyl groups is 1. The minimum Gasteiger partial charge on any atom is -0.508 e. The molecule has 1 aliphatic heterocycles. The molecular weight excluding hydrogens is 452 g/mol. The van der Waals surface area contributed by atoms with Crippen molar-refractivity contribution in [3.05, 3.63) is 29.8 Å². The van der Waals surface area contributed by atoms with Gasteiger partial charge in [-0.3, -0.25) is 9.59 Å². The normalized spacial score (nSPS) is 37.5. The van der Waals surface area contributed by atoms with Crippen LogP contribution >= 0.6 is 0 Å². The van der Waals surface area contributed by atoms with Gasteiger partial charge in [0.25, 0.3) is 0 Å². The number of esters is 2. The first kappa shape index (κ1) is 27.4. The van der Waals surface area contributed by atoms with E-state index in [0.29, 0.717) is 6.42 Å². The first-order valence-electron chi connectivity index (χ1n) is 12.6. The van der Waals surface area contributed by atoms with Crippen LogP contribution in [0.25, 0.3) is 0 Å². The fourth-order valence-corrected chi connectivity index (χ4v) is 5.54. The lowest BCUT2D eigenvalue weighted by atomic mass is 9.69. The fourth-order valence-electron chi connectivity index (χ4n) is 5.54. The number of carbonyl (C=O) groups excluding carboxylic acids is 2. The van der Waals surface area contributed by atoms with Crippen LogP contribution in [0.15, 0.2) is 24.3 Å². The fraction of sp³-hybridized carbons (Fsp3) is 0.704. The maximum absolute atomic E-state index is 11.9. The summed E-state index contributed by atoms with van der Waals surface area (Å²) in [6.07, 6.45) is -1.65. The van der Waals surface area contributed by atoms with Gasteiger partial charge in [-0.15, -0.1) is 0 Å². The first-order chi connectivity index (χ1) is 16.5. The lowest BCUT2D eigenvalue weighted by molar-refractivity contribution is -0.306. The van der Waals surface area contributed by atoms with Gasteiger partial charge in [-0.05, 0) is 48.3 Å². The number of carbonyl (C=O) groups is 2. The average Bonchev–Trinajstić information content (AvgIpc) is 2.81. The van der Waals surface area contributed by atoms with E-state index in [1.54, 1.807) is 24.3 Å². The quantitative estimate of drug-likeness (QED) is 0.553. The molecule has 2 fully saturated rings. The van der Waals surface area contributed by atoms with Crippen LogP contribution in [0.3, 0.4) is 0 Å². The number of phenols is 1. The zero-order chi connectivity index (χ0) is 25.9. The van der Waals surface area contributed by atoms with Crippen molar-refractivity contribution >= 4 is 11.9 Å². The molecule has 1 aromatic rings. The predicted molar refractivity (Wildman–Crippen MR) is 128 cm³/mol. The first-order valence-corrected chi connectivity index (χ1v) is 12.6. The van der Waals surface area contributed by atoms with E-state index >= 15 is 0 Å². The van der Waals surface area contributed by atoms with Crippen LogP contribution in [0.1, 0.15) is 65.9 Å². The largest absolute Gasteiger partial charge is 0.508 e. The maximum atomic E-state index is 11.9. The number of benzene rings is 1. The van der Waals surface area contributed by atoms with Crippen LogP contribution in [0.5, 0.6) is 5.75 Å². The van der Waals surface area contributed by atoms with Crippen LogP contribution in [0, 0.1) is 23.7 Å². The van der Waals surface area contributed by atoms with Crippen LogP contribution in [0.2, 0.25) is 0 Å². The Hall–Kier alpha value is -2.16. The zero-order valence-electron chi connectivity index (χ0n) is 21.5. The molecule has 196 valence electrons. The molecule has 2 N–H and O–H groups in total. The Balaban J connectivity index is 1.91. The Bertz CT molecular complexity index is 855. The van der Waals surface area contributed by atoms with Gasteiger partial charge in [0.15, 0.2) is 12.4 Å². The minimum absolute atomic E-state index is 0.00313. The number of hydrogen-bond donors (Lipinski definition) is 2. The van der Waals surface area contributed by atoms with Gasteiger partial charge in [0.2, 0.25) is 0 Å². The number of phenolic OH excluding ortho intramolecular Hbond substituents is 1. The van der Waals surface area contributed by atoms with Crippen molar-refractivity contribution in [3.8, 4) is 5.75 Å². The smallest absolute Gasteiger partial charge is 0.303 e. The molecule has 8 heteroatoms. The van der Waals surface area contributed by atoms with Gasteiger partial charge in [0.05, 0.1) is 24.9 Å². The number of aliphatic hydroxyl groups excluding tert-OH is 1. The van der Waals surface area contributed by atoms with E-state index in [4.69, 9.17) is 18.9 Å². The predicted octanol–water partition coefficient (Wildman–Crippen LogP) is 3.78. The van der Waals surface area contributed by atoms with Crippen LogP contribution in [-0.4, -0.2) is 59.5 Å². The number of rotatable bonds is 7. The summed E-state index contributed by atoms with van der Waals surface area (Å²) >= 11 is 0. The summed E-state index contributed by atoms with van der Waals surface area (Å²) in [5.41, 5.74) is 0.859. The van der Waals surface area contributed by atoms with E-state index in [1.807, 2.05) is 20.8 Å². The highest BCUT2D eigenvalue weighted by molar-refractivity contribution is 5.66. The van der Waals surface area contributed by atoms with Crippen LogP contribution in [-0.2, 0) is 28.5 Å². The van der Waals surface area contributed by atoms with Crippen molar-refractivity contribution < 1.29 is 38.7 Å². The minimum atomic E-state index is -0.876. The summed E-state index contributed by atoms with van der Waals surface area (Å²) in [5, 5.41) is 21.2. The molecule has 0 radical (unpaired) electrons. The molecule has 3 rings (SSSR count). The number of hydrogen-bond acceptors (Lipinski definition) is 8. The third-order valence-corrected chi connectivity index (χ3v) is 7.90. The second-order valence-corrected chi connectivity index (χ2v) is 10.2. The summed E-state index contributed by atoms with van der Waals surface area (Å²) in [7, 11) is 0. The van der Waals surface area contributed by atoms with Crippen molar-refractivity contribution in [2.24, 2.45) is 23.7 Å². The second-order valence-electron chi connectivity index (χ2n) is 10.2. The highest BCUT2D eigenvalue weighted by atomic mass is 16.7. The number of aliphatic hydroxyl groups is 1. The van der Waals surface area contributed by atoms with Crippen LogP contribution in [0.4, 0.5) is 0 Å². The highest BCUT2D eigenvalue weighted by Gasteiger charge is 2.49. The van der Waals surface area contributed by atoms with Crippen molar-refractivity contribution in [1.29, 1.82) is 0 Å². The van der Waals surface area contributed by atoms with Gasteiger partial charge < -0.3 is 29.2 Å². The molecule has 1 aromatic carbocycles. The second kappa shape index (κ2) is 11.7. The summed E-state index contributed by atoms with van der Waals surface area (Å²) in [6.45, 7) is 11.1. The molecule has 1 saturated carbocycles. The molecule has 0 amide bonds. The standard InChI is InChI=1S/C27H40O8/c1-7-23-14(2)15(3)26(33-18(6)29)27(34-23)35-25-16(4)20(13-32-17(5)28)12-22(24(25)31)19-8-10-21(30)11-9-19/h8-11,14-16,20,22-27,30-31H,7,12-13H2,1-6H3/t14-,15-,16+,20+,22+,23+,24+,25-,26-,27+/m0/s1. The monoisotopic (exact) mass is 492 g/mol. The van der Waals surface area contributed by atoms with Gasteiger partial charge >= 0.3 is 11.9 Å². The molecule has 0 bridgehead atoms. The Morgan fingerprint density at radius 2 is 1.66 bits per heavy atom. The number of ether oxygens (including phenoxy) is 4. The molecule has 35 heavy (non-hydrogen) atoms. The topological polar surface area (TPSA) is 112 Å². The van der Waals surface area contributed by atoms with Gasteiger partial charge in [0.1, 0.15) is 5.75 Å². The average molecular weight is 493 g/mol. The lowest BCUT2D eigenvalue weighted by Gasteiger charge is -2.48. The van der Waals surface area contributed by atoms with Crippen molar-refractivity contribution in [3.63, 3.8) is 0 Å². The van der Waals surface area contributed by atoms with Gasteiger partial charge in [-0.1, -0.05) is 39.8 Å². The molecule has 2 aliphatic rings. The van der Waals surface area contributed by atoms with E-state index in [1.165, 1.54) is 13.8 Å². The van der Waals surface area contributed by atoms with Crippen molar-refractivity contribution in [2.75, 3.05) is 6.61 Å². The van der Waals surface area contributed by atoms with Gasteiger partial charge in [-0.2, -0.15) is 0 Å². The Labute approximate surface area is 207 Å². The lowest BCUT2D eigenvalue weighted by Crippen LogP contribution is -2.56. The third-order valence-electron chi connectivity index (χ3n) is 7.90. The van der Waals surface area contributed by atoms with E-state index in [9.17, 15) is 19.8 Å². The molecule has 1 heterocycles. The van der Waals surface area contributed by atoms with Crippen molar-refractivity contribution in [2.45, 2.75) is 91.0 Å². The zero-order valence-corrected chi connectivity index (χ0v) is 21.5. The Kier molecular flexibility index (Phi) is 9.18. The maximum Gasteiger partial charge on any atom is 0.303 e. The van der Waals surface area contributed by atoms with E-state index in [-0.39, 0.29) is 54.0 Å². The molecule has 1 saturated heterocycles. The Morgan fingerprint density at radius 3 is 2.23 bits per heavy atom. The summed E-state index contributed by atoms with van der Waals surface area (Å²) in [5.74, 6) is -0.983. The van der Waals surface area contributed by atoms with Crippen molar-refractivity contribution in [1.82, 2.24) is 0 Å². The van der Waals surface area contributed by atoms with Gasteiger partial charge in [-0.25, -0.2) is 0 Å². The molecule has 0 spiro atoms. The van der Waals surface area contributed by atoms with Gasteiger partial charge in [0, 0.05) is 25.7 Å². The summed E-state index contributed by atoms with van der Waals surface area (Å²) < 4.78 is 23.8. The van der Waals surface area contributed by atoms with E-state index in [2.05, 4.69) is 6.92 Å². The van der Waals surface area contributed by atoms with Crippen LogP contribution < -0.4 is 0 Å². The molecular formula is C27H40O8. The highest BCUT2D eigenvalue weighted by Crippen LogP contribution is 2.44. The van der Waals surface area contributed by atoms with E-state index < -0.39 is 30.6 Å². The SMILES string of the molecule is CC[C@H]1O[C@H](O[C@H]2[C@H](C)[C@@H](COC(C)=O)C[C@H](c3ccc(O)cc3)[C@H]2O)[C@@H](OC(C)=O)[C@@H](C)[C@@H]1C. The third kappa shape index (κ3) is 6.35. The molecule has 0 aromatic heterocycles.